The molecule has 2 aromatic carbocycles. The highest BCUT2D eigenvalue weighted by Crippen LogP contribution is 2.27. The van der Waals surface area contributed by atoms with E-state index >= 15 is 0 Å². The SMILES string of the molecule is N#Cc1ccc(CCN2CCCC(c3ccc(CC(=O)O)cc3)C2)c(F)c1. The molecule has 1 fully saturated rings. The average Bonchev–Trinajstić information content (AvgIpc) is 2.67. The predicted octanol–water partition coefficient (Wildman–Crippen LogP) is 3.75. The van der Waals surface area contributed by atoms with Crippen LogP contribution in [0.15, 0.2) is 42.5 Å². The number of hydrogen-bond donors (Lipinski definition) is 1. The van der Waals surface area contributed by atoms with Crippen LogP contribution in [0.3, 0.4) is 0 Å². The van der Waals surface area contributed by atoms with Crippen LogP contribution in [0.2, 0.25) is 0 Å². The van der Waals surface area contributed by atoms with Crippen molar-refractivity contribution in [2.24, 2.45) is 0 Å². The van der Waals surface area contributed by atoms with Gasteiger partial charge in [0.1, 0.15) is 5.82 Å². The summed E-state index contributed by atoms with van der Waals surface area (Å²) in [6.45, 7) is 2.72. The minimum atomic E-state index is -0.818. The van der Waals surface area contributed by atoms with E-state index in [-0.39, 0.29) is 12.2 Å². The first kappa shape index (κ1) is 19.1. The van der Waals surface area contributed by atoms with E-state index in [1.54, 1.807) is 12.1 Å². The molecule has 27 heavy (non-hydrogen) atoms. The Morgan fingerprint density at radius 2 is 2.04 bits per heavy atom. The fraction of sp³-hybridized carbons (Fsp3) is 0.364. The lowest BCUT2D eigenvalue weighted by molar-refractivity contribution is -0.136. The first-order valence-corrected chi connectivity index (χ1v) is 9.26. The Bertz CT molecular complexity index is 842. The van der Waals surface area contributed by atoms with Crippen molar-refractivity contribution in [3.05, 3.63) is 70.5 Å². The number of likely N-dealkylation sites (tertiary alicyclic amines) is 1. The molecule has 0 bridgehead atoms. The summed E-state index contributed by atoms with van der Waals surface area (Å²) >= 11 is 0. The number of benzene rings is 2. The minimum absolute atomic E-state index is 0.0488. The fourth-order valence-corrected chi connectivity index (χ4v) is 3.71. The zero-order valence-electron chi connectivity index (χ0n) is 15.2. The molecule has 0 aromatic heterocycles. The summed E-state index contributed by atoms with van der Waals surface area (Å²) in [5.74, 6) is -0.707. The highest BCUT2D eigenvalue weighted by Gasteiger charge is 2.21. The summed E-state index contributed by atoms with van der Waals surface area (Å²) in [7, 11) is 0. The number of carbonyl (C=O) groups is 1. The molecule has 1 aliphatic heterocycles. The molecule has 1 N–H and O–H groups in total. The molecule has 0 spiro atoms. The molecule has 5 heteroatoms. The average molecular weight is 366 g/mol. The first-order chi connectivity index (χ1) is 13.0. The van der Waals surface area contributed by atoms with E-state index in [0.717, 1.165) is 38.0 Å². The lowest BCUT2D eigenvalue weighted by atomic mass is 9.89. The normalized spacial score (nSPS) is 17.4. The van der Waals surface area contributed by atoms with Crippen molar-refractivity contribution in [1.82, 2.24) is 4.90 Å². The molecule has 0 aliphatic carbocycles. The first-order valence-electron chi connectivity index (χ1n) is 9.26. The van der Waals surface area contributed by atoms with Gasteiger partial charge in [0.25, 0.3) is 0 Å². The molecule has 140 valence electrons. The second kappa shape index (κ2) is 8.79. The predicted molar refractivity (Wildman–Crippen MR) is 101 cm³/mol. The van der Waals surface area contributed by atoms with Gasteiger partial charge >= 0.3 is 5.97 Å². The Labute approximate surface area is 158 Å². The summed E-state index contributed by atoms with van der Waals surface area (Å²) in [6, 6.07) is 14.5. The molecule has 0 saturated carbocycles. The van der Waals surface area contributed by atoms with E-state index in [0.29, 0.717) is 23.5 Å². The highest BCUT2D eigenvalue weighted by atomic mass is 19.1. The van der Waals surface area contributed by atoms with Crippen LogP contribution in [-0.4, -0.2) is 35.6 Å². The summed E-state index contributed by atoms with van der Waals surface area (Å²) in [6.07, 6.45) is 2.88. The Kier molecular flexibility index (Phi) is 6.20. The van der Waals surface area contributed by atoms with Gasteiger partial charge in [-0.05, 0) is 60.5 Å². The second-order valence-corrected chi connectivity index (χ2v) is 7.12. The zero-order valence-corrected chi connectivity index (χ0v) is 15.2. The van der Waals surface area contributed by atoms with Gasteiger partial charge in [-0.15, -0.1) is 0 Å². The van der Waals surface area contributed by atoms with Crippen molar-refractivity contribution in [3.8, 4) is 6.07 Å². The van der Waals surface area contributed by atoms with Gasteiger partial charge in [-0.3, -0.25) is 4.79 Å². The van der Waals surface area contributed by atoms with Gasteiger partial charge in [0.15, 0.2) is 0 Å². The van der Waals surface area contributed by atoms with E-state index in [9.17, 15) is 9.18 Å². The van der Waals surface area contributed by atoms with Crippen LogP contribution in [0.4, 0.5) is 4.39 Å². The summed E-state index contributed by atoms with van der Waals surface area (Å²) in [4.78, 5) is 13.2. The number of nitrogens with zero attached hydrogens (tertiary/aromatic N) is 2. The van der Waals surface area contributed by atoms with Gasteiger partial charge in [-0.25, -0.2) is 4.39 Å². The molecule has 1 saturated heterocycles. The largest absolute Gasteiger partial charge is 0.481 e. The van der Waals surface area contributed by atoms with Gasteiger partial charge in [-0.2, -0.15) is 5.26 Å². The molecule has 4 nitrogen and oxygen atoms in total. The van der Waals surface area contributed by atoms with Crippen molar-refractivity contribution in [2.75, 3.05) is 19.6 Å². The Morgan fingerprint density at radius 3 is 2.70 bits per heavy atom. The lowest BCUT2D eigenvalue weighted by Crippen LogP contribution is -2.35. The maximum absolute atomic E-state index is 14.0. The van der Waals surface area contributed by atoms with Crippen LogP contribution < -0.4 is 0 Å². The third-order valence-corrected chi connectivity index (χ3v) is 5.19. The second-order valence-electron chi connectivity index (χ2n) is 7.12. The van der Waals surface area contributed by atoms with Gasteiger partial charge < -0.3 is 10.0 Å². The zero-order chi connectivity index (χ0) is 19.2. The molecule has 0 amide bonds. The summed E-state index contributed by atoms with van der Waals surface area (Å²) < 4.78 is 14.0. The number of rotatable bonds is 6. The van der Waals surface area contributed by atoms with Crippen molar-refractivity contribution in [2.45, 2.75) is 31.6 Å². The molecule has 2 aromatic rings. The smallest absolute Gasteiger partial charge is 0.307 e. The van der Waals surface area contributed by atoms with Crippen LogP contribution >= 0.6 is 0 Å². The molecule has 1 unspecified atom stereocenters. The highest BCUT2D eigenvalue weighted by molar-refractivity contribution is 5.70. The van der Waals surface area contributed by atoms with Crippen LogP contribution in [0.25, 0.3) is 0 Å². The molecule has 1 aliphatic rings. The summed E-state index contributed by atoms with van der Waals surface area (Å²) in [5.41, 5.74) is 3.04. The number of nitriles is 1. The van der Waals surface area contributed by atoms with E-state index in [1.165, 1.54) is 11.6 Å². The molecule has 0 radical (unpaired) electrons. The lowest BCUT2D eigenvalue weighted by Gasteiger charge is -2.33. The standard InChI is InChI=1S/C22H23FN2O2/c23-21-12-17(14-24)5-8-19(21)9-11-25-10-1-2-20(15-25)18-6-3-16(4-7-18)13-22(26)27/h3-8,12,20H,1-2,9-11,13,15H2,(H,26,27). The van der Waals surface area contributed by atoms with Crippen molar-refractivity contribution < 1.29 is 14.3 Å². The van der Waals surface area contributed by atoms with Gasteiger partial charge in [0.2, 0.25) is 0 Å². The molecule has 3 rings (SSSR count). The quantitative estimate of drug-likeness (QED) is 0.846. The fourth-order valence-electron chi connectivity index (χ4n) is 3.71. The van der Waals surface area contributed by atoms with Gasteiger partial charge in [-0.1, -0.05) is 30.3 Å². The minimum Gasteiger partial charge on any atom is -0.481 e. The summed E-state index contributed by atoms with van der Waals surface area (Å²) in [5, 5.41) is 17.7. The van der Waals surface area contributed by atoms with Crippen LogP contribution in [0.1, 0.15) is 41.0 Å². The number of piperidine rings is 1. The molecule has 1 atom stereocenters. The molecular formula is C22H23FN2O2. The van der Waals surface area contributed by atoms with E-state index in [4.69, 9.17) is 10.4 Å². The van der Waals surface area contributed by atoms with Gasteiger partial charge in [0.05, 0.1) is 18.1 Å². The number of hydrogen-bond acceptors (Lipinski definition) is 3. The van der Waals surface area contributed by atoms with Crippen molar-refractivity contribution >= 4 is 5.97 Å². The molecule has 1 heterocycles. The topological polar surface area (TPSA) is 64.3 Å². The number of carboxylic acid groups (broad SMARTS) is 1. The van der Waals surface area contributed by atoms with Crippen LogP contribution in [0.5, 0.6) is 0 Å². The van der Waals surface area contributed by atoms with E-state index < -0.39 is 5.97 Å². The maximum atomic E-state index is 14.0. The van der Waals surface area contributed by atoms with Crippen LogP contribution in [-0.2, 0) is 17.6 Å². The Balaban J connectivity index is 1.58. The molecular weight excluding hydrogens is 343 g/mol. The monoisotopic (exact) mass is 366 g/mol. The Morgan fingerprint density at radius 1 is 1.26 bits per heavy atom. The Hall–Kier alpha value is -2.71. The van der Waals surface area contributed by atoms with Crippen molar-refractivity contribution in [3.63, 3.8) is 0 Å². The number of halogens is 1. The number of carboxylic acids is 1. The third-order valence-electron chi connectivity index (χ3n) is 5.19. The van der Waals surface area contributed by atoms with Crippen molar-refractivity contribution in [1.29, 1.82) is 5.26 Å². The number of aliphatic carboxylic acids is 1. The van der Waals surface area contributed by atoms with Crippen LogP contribution in [0, 0.1) is 17.1 Å². The third kappa shape index (κ3) is 5.15. The van der Waals surface area contributed by atoms with E-state index in [2.05, 4.69) is 4.90 Å². The van der Waals surface area contributed by atoms with E-state index in [1.807, 2.05) is 30.3 Å². The van der Waals surface area contributed by atoms with Gasteiger partial charge in [0, 0.05) is 13.1 Å². The maximum Gasteiger partial charge on any atom is 0.307 e.